The average Bonchev–Trinajstić information content (AvgIpc) is 2.39. The van der Waals surface area contributed by atoms with E-state index in [-0.39, 0.29) is 24.1 Å². The molecule has 1 nitrogen and oxygen atoms in total. The Morgan fingerprint density at radius 2 is 2.11 bits per heavy atom. The maximum Gasteiger partial charge on any atom is 0.391 e. The highest BCUT2D eigenvalue weighted by atomic mass is 35.5. The second kappa shape index (κ2) is 6.12. The summed E-state index contributed by atoms with van der Waals surface area (Å²) in [6.07, 6.45) is -0.0677. The number of rotatable bonds is 3. The first-order valence-corrected chi connectivity index (χ1v) is 7.01. The lowest BCUT2D eigenvalue weighted by Crippen LogP contribution is -2.32. The lowest BCUT2D eigenvalue weighted by molar-refractivity contribution is -0.185. The van der Waals surface area contributed by atoms with Crippen molar-refractivity contribution < 1.29 is 13.2 Å². The molecule has 1 aromatic rings. The molecule has 1 aliphatic carbocycles. The zero-order chi connectivity index (χ0) is 13.9. The van der Waals surface area contributed by atoms with E-state index in [1.54, 1.807) is 6.20 Å². The van der Waals surface area contributed by atoms with Crippen molar-refractivity contribution in [1.82, 2.24) is 4.98 Å². The van der Waals surface area contributed by atoms with Gasteiger partial charge in [0, 0.05) is 23.7 Å². The minimum atomic E-state index is -4.08. The van der Waals surface area contributed by atoms with Crippen LogP contribution in [0.15, 0.2) is 24.4 Å². The van der Waals surface area contributed by atoms with Crippen LogP contribution in [0.2, 0.25) is 0 Å². The summed E-state index contributed by atoms with van der Waals surface area (Å²) in [6, 6.07) is 5.54. The second-order valence-electron chi connectivity index (χ2n) is 5.21. The van der Waals surface area contributed by atoms with Crippen molar-refractivity contribution >= 4 is 11.6 Å². The minimum Gasteiger partial charge on any atom is -0.261 e. The standard InChI is InChI=1S/C14H17ClF3N/c15-13(9-12-6-1-2-7-19-12)10-4-3-5-11(8-10)14(16,17)18/h1-2,6-7,10-11,13H,3-5,8-9H2. The van der Waals surface area contributed by atoms with Gasteiger partial charge in [-0.15, -0.1) is 11.6 Å². The molecule has 1 heterocycles. The molecule has 1 aliphatic rings. The van der Waals surface area contributed by atoms with Gasteiger partial charge in [0.2, 0.25) is 0 Å². The molecule has 0 radical (unpaired) electrons. The molecule has 2 rings (SSSR count). The van der Waals surface area contributed by atoms with E-state index < -0.39 is 12.1 Å². The fourth-order valence-corrected chi connectivity index (χ4v) is 3.13. The SMILES string of the molecule is FC(F)(F)C1CCCC(C(Cl)Cc2ccccn2)C1. The van der Waals surface area contributed by atoms with Gasteiger partial charge < -0.3 is 0 Å². The van der Waals surface area contributed by atoms with Crippen LogP contribution in [0.4, 0.5) is 13.2 Å². The Kier molecular flexibility index (Phi) is 4.71. The van der Waals surface area contributed by atoms with Gasteiger partial charge in [-0.1, -0.05) is 12.5 Å². The summed E-state index contributed by atoms with van der Waals surface area (Å²) in [6.45, 7) is 0. The number of halogens is 4. The molecular weight excluding hydrogens is 275 g/mol. The first-order valence-electron chi connectivity index (χ1n) is 6.57. The molecule has 0 amide bonds. The van der Waals surface area contributed by atoms with Gasteiger partial charge in [-0.2, -0.15) is 13.2 Å². The van der Waals surface area contributed by atoms with Crippen molar-refractivity contribution in [1.29, 1.82) is 0 Å². The minimum absolute atomic E-state index is 0.0657. The third-order valence-electron chi connectivity index (χ3n) is 3.82. The molecule has 3 unspecified atom stereocenters. The molecule has 1 aromatic heterocycles. The summed E-state index contributed by atoms with van der Waals surface area (Å²) in [5.41, 5.74) is 0.844. The quantitative estimate of drug-likeness (QED) is 0.742. The summed E-state index contributed by atoms with van der Waals surface area (Å²) in [5, 5.41) is -0.264. The first-order chi connectivity index (χ1) is 8.97. The van der Waals surface area contributed by atoms with Crippen molar-refractivity contribution in [2.24, 2.45) is 11.8 Å². The van der Waals surface area contributed by atoms with E-state index in [9.17, 15) is 13.2 Å². The van der Waals surface area contributed by atoms with E-state index in [1.807, 2.05) is 18.2 Å². The van der Waals surface area contributed by atoms with Crippen molar-refractivity contribution in [2.75, 3.05) is 0 Å². The van der Waals surface area contributed by atoms with Crippen LogP contribution in [-0.2, 0) is 6.42 Å². The predicted molar refractivity (Wildman–Crippen MR) is 69.1 cm³/mol. The fraction of sp³-hybridized carbons (Fsp3) is 0.643. The predicted octanol–water partition coefficient (Wildman–Crippen LogP) is 4.60. The number of nitrogens with zero attached hydrogens (tertiary/aromatic N) is 1. The van der Waals surface area contributed by atoms with Gasteiger partial charge in [0.15, 0.2) is 0 Å². The first kappa shape index (κ1) is 14.6. The van der Waals surface area contributed by atoms with Crippen molar-refractivity contribution in [3.05, 3.63) is 30.1 Å². The Morgan fingerprint density at radius 1 is 1.32 bits per heavy atom. The molecule has 0 N–H and O–H groups in total. The number of alkyl halides is 4. The van der Waals surface area contributed by atoms with Gasteiger partial charge in [-0.3, -0.25) is 4.98 Å². The highest BCUT2D eigenvalue weighted by molar-refractivity contribution is 6.20. The maximum absolute atomic E-state index is 12.7. The van der Waals surface area contributed by atoms with Crippen molar-refractivity contribution in [3.8, 4) is 0 Å². The summed E-state index contributed by atoms with van der Waals surface area (Å²) < 4.78 is 38.2. The zero-order valence-corrected chi connectivity index (χ0v) is 11.3. The Hall–Kier alpha value is -0.770. The van der Waals surface area contributed by atoms with Gasteiger partial charge in [-0.25, -0.2) is 0 Å². The Labute approximate surface area is 116 Å². The number of hydrogen-bond donors (Lipinski definition) is 0. The summed E-state index contributed by atoms with van der Waals surface area (Å²) in [5.74, 6) is -1.25. The van der Waals surface area contributed by atoms with E-state index >= 15 is 0 Å². The summed E-state index contributed by atoms with van der Waals surface area (Å²) in [4.78, 5) is 4.17. The van der Waals surface area contributed by atoms with Crippen molar-refractivity contribution in [2.45, 2.75) is 43.7 Å². The Morgan fingerprint density at radius 3 is 2.74 bits per heavy atom. The lowest BCUT2D eigenvalue weighted by atomic mass is 9.78. The van der Waals surface area contributed by atoms with Crippen LogP contribution in [0.25, 0.3) is 0 Å². The molecule has 5 heteroatoms. The van der Waals surface area contributed by atoms with E-state index in [0.29, 0.717) is 12.8 Å². The molecular formula is C14H17ClF3N. The monoisotopic (exact) mass is 291 g/mol. The van der Waals surface area contributed by atoms with Crippen LogP contribution < -0.4 is 0 Å². The molecule has 0 saturated heterocycles. The molecule has 0 spiro atoms. The second-order valence-corrected chi connectivity index (χ2v) is 5.77. The Balaban J connectivity index is 1.94. The molecule has 1 saturated carbocycles. The molecule has 0 aliphatic heterocycles. The average molecular weight is 292 g/mol. The largest absolute Gasteiger partial charge is 0.391 e. The third-order valence-corrected chi connectivity index (χ3v) is 4.33. The number of hydrogen-bond acceptors (Lipinski definition) is 1. The van der Waals surface area contributed by atoms with E-state index in [1.165, 1.54) is 0 Å². The lowest BCUT2D eigenvalue weighted by Gasteiger charge is -2.32. The van der Waals surface area contributed by atoms with Gasteiger partial charge in [0.25, 0.3) is 0 Å². The molecule has 0 aromatic carbocycles. The zero-order valence-electron chi connectivity index (χ0n) is 10.5. The van der Waals surface area contributed by atoms with Gasteiger partial charge in [0.05, 0.1) is 5.92 Å². The van der Waals surface area contributed by atoms with Crippen LogP contribution in [0, 0.1) is 11.8 Å². The molecule has 0 bridgehead atoms. The fourth-order valence-electron chi connectivity index (χ4n) is 2.74. The van der Waals surface area contributed by atoms with Gasteiger partial charge >= 0.3 is 6.18 Å². The third kappa shape index (κ3) is 4.10. The van der Waals surface area contributed by atoms with Gasteiger partial charge in [-0.05, 0) is 37.3 Å². The smallest absolute Gasteiger partial charge is 0.261 e. The van der Waals surface area contributed by atoms with E-state index in [0.717, 1.165) is 12.1 Å². The topological polar surface area (TPSA) is 12.9 Å². The van der Waals surface area contributed by atoms with Crippen molar-refractivity contribution in [3.63, 3.8) is 0 Å². The Bertz CT molecular complexity index is 393. The maximum atomic E-state index is 12.7. The molecule has 19 heavy (non-hydrogen) atoms. The van der Waals surface area contributed by atoms with Crippen LogP contribution in [0.5, 0.6) is 0 Å². The summed E-state index contributed by atoms with van der Waals surface area (Å²) in [7, 11) is 0. The summed E-state index contributed by atoms with van der Waals surface area (Å²) >= 11 is 6.30. The molecule has 1 fully saturated rings. The highest BCUT2D eigenvalue weighted by Crippen LogP contribution is 2.42. The highest BCUT2D eigenvalue weighted by Gasteiger charge is 2.43. The van der Waals surface area contributed by atoms with E-state index in [2.05, 4.69) is 4.98 Å². The molecule has 3 atom stereocenters. The van der Waals surface area contributed by atoms with E-state index in [4.69, 9.17) is 11.6 Å². The van der Waals surface area contributed by atoms with Gasteiger partial charge in [0.1, 0.15) is 0 Å². The van der Waals surface area contributed by atoms with Crippen LogP contribution in [-0.4, -0.2) is 16.5 Å². The van der Waals surface area contributed by atoms with Crippen LogP contribution >= 0.6 is 11.6 Å². The van der Waals surface area contributed by atoms with Crippen LogP contribution in [0.3, 0.4) is 0 Å². The number of aromatic nitrogens is 1. The molecule has 106 valence electrons. The number of pyridine rings is 1. The van der Waals surface area contributed by atoms with Crippen LogP contribution in [0.1, 0.15) is 31.4 Å². The normalized spacial score (nSPS) is 26.1.